The fraction of sp³-hybridized carbons (Fsp3) is 0.0714. The molecule has 0 amide bonds. The number of benzene rings is 2. The van der Waals surface area contributed by atoms with Crippen LogP contribution in [0.2, 0.25) is 0 Å². The van der Waals surface area contributed by atoms with Gasteiger partial charge in [0.2, 0.25) is 5.89 Å². The van der Waals surface area contributed by atoms with Gasteiger partial charge in [-0.25, -0.2) is 4.98 Å². The normalized spacial score (nSPS) is 11.9. The van der Waals surface area contributed by atoms with Gasteiger partial charge in [-0.2, -0.15) is 13.2 Å². The first-order valence-corrected chi connectivity index (χ1v) is 5.71. The van der Waals surface area contributed by atoms with E-state index in [1.807, 2.05) is 0 Å². The van der Waals surface area contributed by atoms with Crippen LogP contribution in [0.4, 0.5) is 13.2 Å². The monoisotopic (exact) mass is 279 g/mol. The van der Waals surface area contributed by atoms with Gasteiger partial charge in [-0.15, -0.1) is 0 Å². The minimum atomic E-state index is -4.49. The van der Waals surface area contributed by atoms with Crippen molar-refractivity contribution in [2.45, 2.75) is 6.18 Å². The van der Waals surface area contributed by atoms with Crippen molar-refractivity contribution in [1.82, 2.24) is 4.98 Å². The van der Waals surface area contributed by atoms with Gasteiger partial charge in [0, 0.05) is 0 Å². The Balaban J connectivity index is 2.17. The van der Waals surface area contributed by atoms with Gasteiger partial charge < -0.3 is 9.52 Å². The maximum Gasteiger partial charge on any atom is 0.416 e. The summed E-state index contributed by atoms with van der Waals surface area (Å²) >= 11 is 0. The molecule has 2 aromatic carbocycles. The Hall–Kier alpha value is -2.50. The Labute approximate surface area is 111 Å². The molecule has 0 aliphatic heterocycles. The molecule has 0 saturated heterocycles. The third kappa shape index (κ3) is 2.09. The summed E-state index contributed by atoms with van der Waals surface area (Å²) in [5.74, 6) is -0.362. The van der Waals surface area contributed by atoms with Crippen molar-refractivity contribution in [2.75, 3.05) is 0 Å². The van der Waals surface area contributed by atoms with Gasteiger partial charge >= 0.3 is 6.18 Å². The predicted molar refractivity (Wildman–Crippen MR) is 66.1 cm³/mol. The van der Waals surface area contributed by atoms with Gasteiger partial charge in [0.25, 0.3) is 0 Å². The molecule has 0 aliphatic rings. The zero-order valence-electron chi connectivity index (χ0n) is 9.98. The van der Waals surface area contributed by atoms with Crippen LogP contribution in [0.15, 0.2) is 46.9 Å². The lowest BCUT2D eigenvalue weighted by Crippen LogP contribution is -2.04. The molecule has 3 rings (SSSR count). The number of nitrogens with zero attached hydrogens (tertiary/aromatic N) is 1. The van der Waals surface area contributed by atoms with Crippen molar-refractivity contribution in [3.05, 3.63) is 48.0 Å². The SMILES string of the molecule is Oc1ccc(C(F)(F)F)cc1-c1nc2ccccc2o1. The summed E-state index contributed by atoms with van der Waals surface area (Å²) in [7, 11) is 0. The van der Waals surface area contributed by atoms with Gasteiger partial charge in [-0.3, -0.25) is 0 Å². The number of hydrogen-bond acceptors (Lipinski definition) is 3. The highest BCUT2D eigenvalue weighted by atomic mass is 19.4. The van der Waals surface area contributed by atoms with Crippen LogP contribution in [0, 0.1) is 0 Å². The zero-order chi connectivity index (χ0) is 14.3. The Bertz CT molecular complexity index is 744. The van der Waals surface area contributed by atoms with Crippen LogP contribution in [0.3, 0.4) is 0 Å². The van der Waals surface area contributed by atoms with E-state index in [0.717, 1.165) is 18.2 Å². The Morgan fingerprint density at radius 3 is 2.50 bits per heavy atom. The molecule has 0 bridgehead atoms. The summed E-state index contributed by atoms with van der Waals surface area (Å²) in [5.41, 5.74) is 0.00204. The number of para-hydroxylation sites is 2. The molecule has 1 heterocycles. The van der Waals surface area contributed by atoms with Gasteiger partial charge in [0.1, 0.15) is 11.3 Å². The smallest absolute Gasteiger partial charge is 0.416 e. The summed E-state index contributed by atoms with van der Waals surface area (Å²) in [4.78, 5) is 4.07. The van der Waals surface area contributed by atoms with E-state index in [9.17, 15) is 18.3 Å². The van der Waals surface area contributed by atoms with Crippen molar-refractivity contribution in [3.8, 4) is 17.2 Å². The van der Waals surface area contributed by atoms with Gasteiger partial charge in [0.05, 0.1) is 11.1 Å². The molecule has 0 atom stereocenters. The number of phenols is 1. The van der Waals surface area contributed by atoms with E-state index in [1.165, 1.54) is 0 Å². The minimum Gasteiger partial charge on any atom is -0.507 e. The number of hydrogen-bond donors (Lipinski definition) is 1. The van der Waals surface area contributed by atoms with E-state index < -0.39 is 11.7 Å². The highest BCUT2D eigenvalue weighted by molar-refractivity contribution is 5.77. The maximum absolute atomic E-state index is 12.7. The van der Waals surface area contributed by atoms with Crippen molar-refractivity contribution in [1.29, 1.82) is 0 Å². The third-order valence-electron chi connectivity index (χ3n) is 2.85. The second-order valence-corrected chi connectivity index (χ2v) is 4.22. The van der Waals surface area contributed by atoms with Gasteiger partial charge in [-0.1, -0.05) is 12.1 Å². The van der Waals surface area contributed by atoms with Crippen molar-refractivity contribution >= 4 is 11.1 Å². The Kier molecular flexibility index (Phi) is 2.67. The number of aromatic hydroxyl groups is 1. The molecule has 0 saturated carbocycles. The average molecular weight is 279 g/mol. The molecule has 0 fully saturated rings. The second kappa shape index (κ2) is 4.26. The second-order valence-electron chi connectivity index (χ2n) is 4.22. The van der Waals surface area contributed by atoms with Gasteiger partial charge in [-0.05, 0) is 30.3 Å². The number of halogens is 3. The van der Waals surface area contributed by atoms with E-state index in [2.05, 4.69) is 4.98 Å². The molecule has 0 spiro atoms. The highest BCUT2D eigenvalue weighted by Crippen LogP contribution is 2.37. The van der Waals surface area contributed by atoms with E-state index in [4.69, 9.17) is 4.42 Å². The Morgan fingerprint density at radius 2 is 1.80 bits per heavy atom. The van der Waals surface area contributed by atoms with Crippen molar-refractivity contribution in [2.24, 2.45) is 0 Å². The van der Waals surface area contributed by atoms with Crippen LogP contribution >= 0.6 is 0 Å². The highest BCUT2D eigenvalue weighted by Gasteiger charge is 2.31. The molecular weight excluding hydrogens is 271 g/mol. The van der Waals surface area contributed by atoms with E-state index >= 15 is 0 Å². The maximum atomic E-state index is 12.7. The number of fused-ring (bicyclic) bond motifs is 1. The van der Waals surface area contributed by atoms with E-state index in [0.29, 0.717) is 11.1 Å². The van der Waals surface area contributed by atoms with Crippen LogP contribution < -0.4 is 0 Å². The molecule has 20 heavy (non-hydrogen) atoms. The fourth-order valence-corrected chi connectivity index (χ4v) is 1.87. The van der Waals surface area contributed by atoms with E-state index in [-0.39, 0.29) is 17.2 Å². The fourth-order valence-electron chi connectivity index (χ4n) is 1.87. The molecule has 0 aliphatic carbocycles. The Morgan fingerprint density at radius 1 is 1.05 bits per heavy atom. The molecule has 6 heteroatoms. The number of aromatic nitrogens is 1. The summed E-state index contributed by atoms with van der Waals surface area (Å²) in [6, 6.07) is 9.39. The summed E-state index contributed by atoms with van der Waals surface area (Å²) in [5, 5.41) is 9.71. The molecule has 0 unspecified atom stereocenters. The summed E-state index contributed by atoms with van der Waals surface area (Å²) in [6.45, 7) is 0. The van der Waals surface area contributed by atoms with E-state index in [1.54, 1.807) is 24.3 Å². The number of phenolic OH excluding ortho intramolecular Hbond substituents is 1. The van der Waals surface area contributed by atoms with Gasteiger partial charge in [0.15, 0.2) is 5.58 Å². The first-order chi connectivity index (χ1) is 9.45. The lowest BCUT2D eigenvalue weighted by Gasteiger charge is -2.08. The molecule has 102 valence electrons. The summed E-state index contributed by atoms with van der Waals surface area (Å²) in [6.07, 6.45) is -4.49. The standard InChI is InChI=1S/C14H8F3NO2/c15-14(16,17)8-5-6-11(19)9(7-8)13-18-10-3-1-2-4-12(10)20-13/h1-7,19H. The lowest BCUT2D eigenvalue weighted by molar-refractivity contribution is -0.137. The van der Waals surface area contributed by atoms with Crippen LogP contribution in [-0.4, -0.2) is 10.1 Å². The number of alkyl halides is 3. The van der Waals surface area contributed by atoms with Crippen LogP contribution in [0.1, 0.15) is 5.56 Å². The van der Waals surface area contributed by atoms with Crippen LogP contribution in [-0.2, 0) is 6.18 Å². The molecule has 3 aromatic rings. The van der Waals surface area contributed by atoms with Crippen molar-refractivity contribution in [3.63, 3.8) is 0 Å². The predicted octanol–water partition coefficient (Wildman–Crippen LogP) is 4.22. The molecule has 1 N–H and O–H groups in total. The van der Waals surface area contributed by atoms with Crippen LogP contribution in [0.25, 0.3) is 22.6 Å². The lowest BCUT2D eigenvalue weighted by atomic mass is 10.1. The molecule has 3 nitrogen and oxygen atoms in total. The van der Waals surface area contributed by atoms with Crippen molar-refractivity contribution < 1.29 is 22.7 Å². The third-order valence-corrected chi connectivity index (χ3v) is 2.85. The first kappa shape index (κ1) is 12.5. The molecule has 1 aromatic heterocycles. The molecule has 0 radical (unpaired) electrons. The topological polar surface area (TPSA) is 46.3 Å². The zero-order valence-corrected chi connectivity index (χ0v) is 9.98. The average Bonchev–Trinajstić information content (AvgIpc) is 2.81. The minimum absolute atomic E-state index is 0.0465. The number of rotatable bonds is 1. The quantitative estimate of drug-likeness (QED) is 0.725. The molecular formula is C14H8F3NO2. The summed E-state index contributed by atoms with van der Waals surface area (Å²) < 4.78 is 43.4. The number of oxazole rings is 1. The first-order valence-electron chi connectivity index (χ1n) is 5.71. The van der Waals surface area contributed by atoms with Crippen LogP contribution in [0.5, 0.6) is 5.75 Å². The largest absolute Gasteiger partial charge is 0.507 e.